The predicted molar refractivity (Wildman–Crippen MR) is 122 cm³/mol. The van der Waals surface area contributed by atoms with E-state index in [0.29, 0.717) is 17.1 Å². The average Bonchev–Trinajstić information content (AvgIpc) is 3.23. The minimum absolute atomic E-state index is 0.00664. The Balaban J connectivity index is 1.53. The van der Waals surface area contributed by atoms with E-state index in [1.54, 1.807) is 18.2 Å². The average molecular weight is 520 g/mol. The quantitative estimate of drug-likeness (QED) is 0.348. The van der Waals surface area contributed by atoms with E-state index in [0.717, 1.165) is 22.2 Å². The Labute approximate surface area is 192 Å². The number of carbonyl (C=O) groups excluding carboxylic acids is 2. The molecule has 0 fully saturated rings. The Morgan fingerprint density at radius 1 is 1.06 bits per heavy atom. The first-order chi connectivity index (χ1) is 14.9. The molecule has 2 heterocycles. The summed E-state index contributed by atoms with van der Waals surface area (Å²) in [6, 6.07) is 16.5. The van der Waals surface area contributed by atoms with Crippen molar-refractivity contribution in [1.82, 2.24) is 0 Å². The predicted octanol–water partition coefficient (Wildman–Crippen LogP) is 4.69. The number of Topliss-reactive ketones (excluding diaryl/α,β-unsaturated/α-hetero) is 1. The van der Waals surface area contributed by atoms with Crippen LogP contribution in [0.15, 0.2) is 69.3 Å². The minimum atomic E-state index is -3.85. The highest BCUT2D eigenvalue weighted by molar-refractivity contribution is 9.11. The number of ether oxygens (including phenoxy) is 1. The van der Waals surface area contributed by atoms with Gasteiger partial charge in [0.2, 0.25) is 5.78 Å². The van der Waals surface area contributed by atoms with Crippen molar-refractivity contribution in [3.63, 3.8) is 0 Å². The van der Waals surface area contributed by atoms with E-state index >= 15 is 0 Å². The molecular weight excluding hydrogens is 502 g/mol. The second-order valence-electron chi connectivity index (χ2n) is 6.94. The molecule has 9 heteroatoms. The number of hydrogen-bond acceptors (Lipinski definition) is 6. The van der Waals surface area contributed by atoms with Gasteiger partial charge in [-0.3, -0.25) is 9.10 Å². The number of fused-ring (bicyclic) bond motifs is 1. The maximum absolute atomic E-state index is 13.3. The lowest BCUT2D eigenvalue weighted by Gasteiger charge is -2.30. The van der Waals surface area contributed by atoms with Crippen molar-refractivity contribution in [3.8, 4) is 0 Å². The molecule has 2 aromatic carbocycles. The molecule has 1 aliphatic rings. The minimum Gasteiger partial charge on any atom is -0.454 e. The number of halogens is 1. The van der Waals surface area contributed by atoms with Gasteiger partial charge in [-0.15, -0.1) is 11.3 Å². The van der Waals surface area contributed by atoms with E-state index in [2.05, 4.69) is 15.9 Å². The summed E-state index contributed by atoms with van der Waals surface area (Å²) < 4.78 is 33.9. The van der Waals surface area contributed by atoms with Crippen LogP contribution in [0.3, 0.4) is 0 Å². The van der Waals surface area contributed by atoms with Gasteiger partial charge in [-0.25, -0.2) is 13.2 Å². The molecule has 0 amide bonds. The van der Waals surface area contributed by atoms with Crippen molar-refractivity contribution >= 4 is 54.7 Å². The van der Waals surface area contributed by atoms with E-state index < -0.39 is 22.6 Å². The molecule has 160 valence electrons. The molecule has 0 radical (unpaired) electrons. The van der Waals surface area contributed by atoms with Crippen LogP contribution in [0, 0.1) is 0 Å². The number of esters is 1. The second kappa shape index (κ2) is 8.94. The topological polar surface area (TPSA) is 80.8 Å². The number of anilines is 1. The SMILES string of the molecule is O=C(OCC(=O)c1ccc(Br)s1)c1cccc(S(=O)(=O)N2CCCc3ccccc32)c1. The molecule has 0 bridgehead atoms. The first-order valence-electron chi connectivity index (χ1n) is 9.52. The summed E-state index contributed by atoms with van der Waals surface area (Å²) in [4.78, 5) is 25.1. The molecule has 1 aromatic heterocycles. The highest BCUT2D eigenvalue weighted by Crippen LogP contribution is 2.32. The van der Waals surface area contributed by atoms with Crippen molar-refractivity contribution in [2.24, 2.45) is 0 Å². The third kappa shape index (κ3) is 4.58. The molecule has 0 spiro atoms. The van der Waals surface area contributed by atoms with Crippen LogP contribution in [0.5, 0.6) is 0 Å². The largest absolute Gasteiger partial charge is 0.454 e. The van der Waals surface area contributed by atoms with Gasteiger partial charge in [0.1, 0.15) is 0 Å². The number of thiophene rings is 1. The van der Waals surface area contributed by atoms with Gasteiger partial charge in [-0.1, -0.05) is 24.3 Å². The lowest BCUT2D eigenvalue weighted by molar-refractivity contribution is 0.0475. The molecule has 6 nitrogen and oxygen atoms in total. The van der Waals surface area contributed by atoms with Gasteiger partial charge < -0.3 is 4.74 Å². The summed E-state index contributed by atoms with van der Waals surface area (Å²) in [6.45, 7) is -0.0405. The summed E-state index contributed by atoms with van der Waals surface area (Å²) in [5.41, 5.74) is 1.72. The van der Waals surface area contributed by atoms with Gasteiger partial charge in [0.05, 0.1) is 24.8 Å². The zero-order chi connectivity index (χ0) is 22.0. The van der Waals surface area contributed by atoms with Crippen LogP contribution in [-0.4, -0.2) is 33.3 Å². The normalized spacial score (nSPS) is 13.5. The number of sulfonamides is 1. The Morgan fingerprint density at radius 3 is 2.65 bits per heavy atom. The van der Waals surface area contributed by atoms with E-state index in [4.69, 9.17) is 4.74 Å². The first kappa shape index (κ1) is 21.7. The first-order valence-corrected chi connectivity index (χ1v) is 12.6. The fraction of sp³-hybridized carbons (Fsp3) is 0.182. The highest BCUT2D eigenvalue weighted by atomic mass is 79.9. The van der Waals surface area contributed by atoms with Crippen LogP contribution in [0.25, 0.3) is 0 Å². The molecule has 4 rings (SSSR count). The van der Waals surface area contributed by atoms with Gasteiger partial charge in [0, 0.05) is 6.54 Å². The number of ketones is 1. The Morgan fingerprint density at radius 2 is 1.87 bits per heavy atom. The van der Waals surface area contributed by atoms with E-state index in [9.17, 15) is 18.0 Å². The van der Waals surface area contributed by atoms with Gasteiger partial charge in [-0.05, 0) is 70.7 Å². The van der Waals surface area contributed by atoms with Crippen LogP contribution < -0.4 is 4.31 Å². The summed E-state index contributed by atoms with van der Waals surface area (Å²) >= 11 is 4.53. The van der Waals surface area contributed by atoms with Crippen LogP contribution in [0.1, 0.15) is 32.0 Å². The molecule has 0 atom stereocenters. The standard InChI is InChI=1S/C22H18BrNO5S2/c23-21-11-10-20(30-21)19(25)14-29-22(26)16-6-3-8-17(13-16)31(27,28)24-12-4-7-15-5-1-2-9-18(15)24/h1-3,5-6,8-11,13H,4,7,12,14H2. The number of rotatable bonds is 6. The lowest BCUT2D eigenvalue weighted by atomic mass is 10.0. The van der Waals surface area contributed by atoms with E-state index in [1.807, 2.05) is 18.2 Å². The maximum Gasteiger partial charge on any atom is 0.338 e. The Hall–Kier alpha value is -2.49. The monoisotopic (exact) mass is 519 g/mol. The van der Waals surface area contributed by atoms with Crippen molar-refractivity contribution in [1.29, 1.82) is 0 Å². The van der Waals surface area contributed by atoms with Gasteiger partial charge in [0.15, 0.2) is 6.61 Å². The summed E-state index contributed by atoms with van der Waals surface area (Å²) in [7, 11) is -3.85. The number of hydrogen-bond donors (Lipinski definition) is 0. The van der Waals surface area contributed by atoms with Gasteiger partial charge in [-0.2, -0.15) is 0 Å². The van der Waals surface area contributed by atoms with Crippen molar-refractivity contribution < 1.29 is 22.7 Å². The smallest absolute Gasteiger partial charge is 0.338 e. The third-order valence-electron chi connectivity index (χ3n) is 4.91. The molecule has 0 aliphatic carbocycles. The Kier molecular flexibility index (Phi) is 6.27. The summed E-state index contributed by atoms with van der Waals surface area (Å²) in [5, 5.41) is 0. The van der Waals surface area contributed by atoms with Crippen LogP contribution in [-0.2, 0) is 21.2 Å². The molecular formula is C22H18BrNO5S2. The van der Waals surface area contributed by atoms with Gasteiger partial charge in [0.25, 0.3) is 10.0 Å². The number of para-hydroxylation sites is 1. The van der Waals surface area contributed by atoms with Crippen molar-refractivity contribution in [3.05, 3.63) is 80.5 Å². The highest BCUT2D eigenvalue weighted by Gasteiger charge is 2.29. The number of nitrogens with zero attached hydrogens (tertiary/aromatic N) is 1. The van der Waals surface area contributed by atoms with Crippen LogP contribution >= 0.6 is 27.3 Å². The maximum atomic E-state index is 13.3. The summed E-state index contributed by atoms with van der Waals surface area (Å²) in [6.07, 6.45) is 1.54. The molecule has 0 saturated carbocycles. The molecule has 1 aliphatic heterocycles. The van der Waals surface area contributed by atoms with Crippen molar-refractivity contribution in [2.45, 2.75) is 17.7 Å². The van der Waals surface area contributed by atoms with E-state index in [1.165, 1.54) is 39.9 Å². The molecule has 0 saturated heterocycles. The molecule has 31 heavy (non-hydrogen) atoms. The number of aryl methyl sites for hydroxylation is 1. The number of benzene rings is 2. The fourth-order valence-corrected chi connectivity index (χ4v) is 6.31. The zero-order valence-electron chi connectivity index (χ0n) is 16.3. The van der Waals surface area contributed by atoms with Crippen molar-refractivity contribution in [2.75, 3.05) is 17.5 Å². The lowest BCUT2D eigenvalue weighted by Crippen LogP contribution is -2.35. The third-order valence-corrected chi connectivity index (χ3v) is 8.38. The molecule has 0 unspecified atom stereocenters. The number of carbonyl (C=O) groups is 2. The zero-order valence-corrected chi connectivity index (χ0v) is 19.5. The Bertz CT molecular complexity index is 1250. The molecule has 3 aromatic rings. The second-order valence-corrected chi connectivity index (χ2v) is 11.3. The van der Waals surface area contributed by atoms with E-state index in [-0.39, 0.29) is 16.2 Å². The van der Waals surface area contributed by atoms with Gasteiger partial charge >= 0.3 is 5.97 Å². The van der Waals surface area contributed by atoms with Crippen LogP contribution in [0.2, 0.25) is 0 Å². The van der Waals surface area contributed by atoms with Crippen LogP contribution in [0.4, 0.5) is 5.69 Å². The summed E-state index contributed by atoms with van der Waals surface area (Å²) in [5.74, 6) is -1.07. The fourth-order valence-electron chi connectivity index (χ4n) is 3.41. The molecule has 0 N–H and O–H groups in total.